The van der Waals surface area contributed by atoms with E-state index in [-0.39, 0.29) is 36.3 Å². The zero-order chi connectivity index (χ0) is 18.6. The van der Waals surface area contributed by atoms with Crippen LogP contribution in [0.2, 0.25) is 0 Å². The Kier molecular flexibility index (Phi) is 6.93. The molecular weight excluding hydrogens is 380 g/mol. The van der Waals surface area contributed by atoms with Crippen LogP contribution < -0.4 is 15.4 Å². The van der Waals surface area contributed by atoms with Crippen molar-refractivity contribution in [2.24, 2.45) is 13.0 Å². The number of nitrogens with zero attached hydrogens (tertiary/aromatic N) is 2. The molecule has 28 heavy (non-hydrogen) atoms. The Morgan fingerprint density at radius 1 is 1.36 bits per heavy atom. The maximum Gasteiger partial charge on any atom is 0.229 e. The summed E-state index contributed by atoms with van der Waals surface area (Å²) in [5.41, 5.74) is 1.88. The number of hydrogen-bond acceptors (Lipinski definition) is 5. The number of amides is 1. The zero-order valence-electron chi connectivity index (χ0n) is 16.0. The first-order valence-corrected chi connectivity index (χ1v) is 9.53. The molecule has 1 aromatic carbocycles. The van der Waals surface area contributed by atoms with E-state index in [4.69, 9.17) is 9.47 Å². The molecule has 2 aromatic rings. The Labute approximate surface area is 171 Å². The number of carbonyl (C=O) groups is 1. The third kappa shape index (κ3) is 4.84. The number of aryl methyl sites for hydroxylation is 1. The van der Waals surface area contributed by atoms with Crippen molar-refractivity contribution in [3.63, 3.8) is 0 Å². The SMILES string of the molecule is Cl.Cn1cc([C@H]2CNC[C@@H]2C(=O)Nc2ccc(OCC3CCCO3)cc2)cn1. The molecule has 3 heterocycles. The second-order valence-corrected chi connectivity index (χ2v) is 7.28. The number of nitrogens with one attached hydrogen (secondary N) is 2. The van der Waals surface area contributed by atoms with Gasteiger partial charge in [0.2, 0.25) is 5.91 Å². The summed E-state index contributed by atoms with van der Waals surface area (Å²) in [5.74, 6) is 0.860. The number of carbonyl (C=O) groups excluding carboxylic acids is 1. The highest BCUT2D eigenvalue weighted by Gasteiger charge is 2.34. The molecule has 0 aliphatic carbocycles. The van der Waals surface area contributed by atoms with Crippen molar-refractivity contribution in [1.29, 1.82) is 0 Å². The molecule has 2 fully saturated rings. The average molecular weight is 407 g/mol. The Balaban J connectivity index is 0.00000225. The molecule has 1 unspecified atom stereocenters. The predicted molar refractivity (Wildman–Crippen MR) is 109 cm³/mol. The molecule has 2 N–H and O–H groups in total. The van der Waals surface area contributed by atoms with E-state index >= 15 is 0 Å². The van der Waals surface area contributed by atoms with Crippen LogP contribution >= 0.6 is 12.4 Å². The quantitative estimate of drug-likeness (QED) is 0.770. The Hall–Kier alpha value is -2.09. The molecule has 0 radical (unpaired) electrons. The summed E-state index contributed by atoms with van der Waals surface area (Å²) in [5, 5.41) is 10.6. The van der Waals surface area contributed by atoms with Crippen molar-refractivity contribution in [3.8, 4) is 5.75 Å². The van der Waals surface area contributed by atoms with Gasteiger partial charge in [-0.3, -0.25) is 9.48 Å². The highest BCUT2D eigenvalue weighted by Crippen LogP contribution is 2.29. The van der Waals surface area contributed by atoms with Gasteiger partial charge in [0.15, 0.2) is 0 Å². The van der Waals surface area contributed by atoms with Gasteiger partial charge in [0.05, 0.1) is 18.2 Å². The minimum absolute atomic E-state index is 0. The van der Waals surface area contributed by atoms with Gasteiger partial charge in [-0.15, -0.1) is 12.4 Å². The summed E-state index contributed by atoms with van der Waals surface area (Å²) in [7, 11) is 1.89. The standard InChI is InChI=1S/C20H26N4O3.ClH/c1-24-12-14(9-22-24)18-10-21-11-19(18)20(25)23-15-4-6-16(7-5-15)27-13-17-3-2-8-26-17;/h4-7,9,12,17-19,21H,2-3,8,10-11,13H2,1H3,(H,23,25);1H/t17?,18-,19+;/m1./s1. The molecule has 0 spiro atoms. The fourth-order valence-electron chi connectivity index (χ4n) is 3.77. The molecule has 2 saturated heterocycles. The van der Waals surface area contributed by atoms with Crippen molar-refractivity contribution in [3.05, 3.63) is 42.2 Å². The largest absolute Gasteiger partial charge is 0.491 e. The van der Waals surface area contributed by atoms with E-state index in [1.165, 1.54) is 0 Å². The van der Waals surface area contributed by atoms with Gasteiger partial charge in [0.25, 0.3) is 0 Å². The van der Waals surface area contributed by atoms with Crippen molar-refractivity contribution in [2.75, 3.05) is 31.6 Å². The van der Waals surface area contributed by atoms with Crippen LogP contribution in [0.5, 0.6) is 5.75 Å². The molecule has 152 valence electrons. The van der Waals surface area contributed by atoms with Crippen molar-refractivity contribution in [2.45, 2.75) is 24.9 Å². The maximum atomic E-state index is 12.8. The molecular formula is C20H27ClN4O3. The summed E-state index contributed by atoms with van der Waals surface area (Å²) in [4.78, 5) is 12.8. The number of ether oxygens (including phenoxy) is 2. The second kappa shape index (κ2) is 9.41. The Bertz CT molecular complexity index is 774. The van der Waals surface area contributed by atoms with E-state index in [9.17, 15) is 4.79 Å². The summed E-state index contributed by atoms with van der Waals surface area (Å²) < 4.78 is 13.1. The van der Waals surface area contributed by atoms with E-state index in [1.54, 1.807) is 4.68 Å². The lowest BCUT2D eigenvalue weighted by Crippen LogP contribution is -2.28. The lowest BCUT2D eigenvalue weighted by atomic mass is 9.90. The summed E-state index contributed by atoms with van der Waals surface area (Å²) in [6.07, 6.45) is 6.19. The van der Waals surface area contributed by atoms with E-state index in [1.807, 2.05) is 43.7 Å². The highest BCUT2D eigenvalue weighted by molar-refractivity contribution is 5.93. The van der Waals surface area contributed by atoms with Crippen LogP contribution in [0.25, 0.3) is 0 Å². The average Bonchev–Trinajstić information content (AvgIpc) is 3.42. The van der Waals surface area contributed by atoms with Gasteiger partial charge in [-0.1, -0.05) is 0 Å². The first-order chi connectivity index (χ1) is 13.2. The summed E-state index contributed by atoms with van der Waals surface area (Å²) >= 11 is 0. The van der Waals surface area contributed by atoms with E-state index in [2.05, 4.69) is 15.7 Å². The van der Waals surface area contributed by atoms with Gasteiger partial charge in [-0.2, -0.15) is 5.10 Å². The van der Waals surface area contributed by atoms with E-state index < -0.39 is 0 Å². The van der Waals surface area contributed by atoms with Crippen LogP contribution in [0.4, 0.5) is 5.69 Å². The van der Waals surface area contributed by atoms with E-state index in [0.29, 0.717) is 13.2 Å². The first kappa shape index (κ1) is 20.6. The Morgan fingerprint density at radius 3 is 2.86 bits per heavy atom. The second-order valence-electron chi connectivity index (χ2n) is 7.28. The molecule has 3 atom stereocenters. The zero-order valence-corrected chi connectivity index (χ0v) is 16.8. The smallest absolute Gasteiger partial charge is 0.229 e. The number of rotatable bonds is 6. The minimum atomic E-state index is -0.107. The van der Waals surface area contributed by atoms with Crippen LogP contribution in [0.3, 0.4) is 0 Å². The van der Waals surface area contributed by atoms with Gasteiger partial charge in [0.1, 0.15) is 12.4 Å². The van der Waals surface area contributed by atoms with Crippen molar-refractivity contribution in [1.82, 2.24) is 15.1 Å². The van der Waals surface area contributed by atoms with E-state index in [0.717, 1.165) is 43.0 Å². The lowest BCUT2D eigenvalue weighted by Gasteiger charge is -2.17. The van der Waals surface area contributed by atoms with Crippen LogP contribution in [-0.2, 0) is 16.6 Å². The highest BCUT2D eigenvalue weighted by atomic mass is 35.5. The fourth-order valence-corrected chi connectivity index (χ4v) is 3.77. The molecule has 1 amide bonds. The summed E-state index contributed by atoms with van der Waals surface area (Å²) in [6.45, 7) is 2.87. The minimum Gasteiger partial charge on any atom is -0.491 e. The third-order valence-corrected chi connectivity index (χ3v) is 5.29. The number of anilines is 1. The topological polar surface area (TPSA) is 77.4 Å². The molecule has 8 heteroatoms. The first-order valence-electron chi connectivity index (χ1n) is 9.53. The number of benzene rings is 1. The molecule has 4 rings (SSSR count). The third-order valence-electron chi connectivity index (χ3n) is 5.29. The van der Waals surface area contributed by atoms with Crippen LogP contribution in [0, 0.1) is 5.92 Å². The molecule has 2 aliphatic heterocycles. The van der Waals surface area contributed by atoms with Gasteiger partial charge < -0.3 is 20.1 Å². The van der Waals surface area contributed by atoms with Gasteiger partial charge in [-0.05, 0) is 42.7 Å². The summed E-state index contributed by atoms with van der Waals surface area (Å²) in [6, 6.07) is 7.53. The number of aromatic nitrogens is 2. The lowest BCUT2D eigenvalue weighted by molar-refractivity contribution is -0.119. The maximum absolute atomic E-state index is 12.8. The number of halogens is 1. The van der Waals surface area contributed by atoms with Crippen LogP contribution in [0.1, 0.15) is 24.3 Å². The molecule has 2 aliphatic rings. The van der Waals surface area contributed by atoms with Gasteiger partial charge in [0, 0.05) is 44.5 Å². The Morgan fingerprint density at radius 2 is 2.18 bits per heavy atom. The van der Waals surface area contributed by atoms with Gasteiger partial charge >= 0.3 is 0 Å². The van der Waals surface area contributed by atoms with Crippen molar-refractivity contribution < 1.29 is 14.3 Å². The van der Waals surface area contributed by atoms with Gasteiger partial charge in [-0.25, -0.2) is 0 Å². The predicted octanol–water partition coefficient (Wildman–Crippen LogP) is 2.34. The molecule has 0 bridgehead atoms. The molecule has 0 saturated carbocycles. The monoisotopic (exact) mass is 406 g/mol. The number of hydrogen-bond donors (Lipinski definition) is 2. The fraction of sp³-hybridized carbons (Fsp3) is 0.500. The van der Waals surface area contributed by atoms with Crippen LogP contribution in [0.15, 0.2) is 36.7 Å². The van der Waals surface area contributed by atoms with Crippen LogP contribution in [-0.4, -0.2) is 48.1 Å². The molecule has 7 nitrogen and oxygen atoms in total. The molecule has 1 aromatic heterocycles. The van der Waals surface area contributed by atoms with Crippen molar-refractivity contribution >= 4 is 24.0 Å². The normalized spacial score (nSPS) is 24.0.